The number of benzene rings is 1. The highest BCUT2D eigenvalue weighted by molar-refractivity contribution is 5.61. The Balaban J connectivity index is 3.33. The SMILES string of the molecule is CCC(C)(C)N(C)c1ccc(N)cc1C(F)(F)F. The van der Waals surface area contributed by atoms with Crippen LogP contribution in [0.2, 0.25) is 0 Å². The van der Waals surface area contributed by atoms with Crippen LogP contribution in [0.5, 0.6) is 0 Å². The lowest BCUT2D eigenvalue weighted by Crippen LogP contribution is -2.41. The minimum absolute atomic E-state index is 0.119. The summed E-state index contributed by atoms with van der Waals surface area (Å²) in [5, 5.41) is 0. The Hall–Kier alpha value is -1.39. The van der Waals surface area contributed by atoms with Gasteiger partial charge in [-0.15, -0.1) is 0 Å². The zero-order valence-corrected chi connectivity index (χ0v) is 11.1. The Bertz CT molecular complexity index is 425. The molecule has 1 aromatic carbocycles. The van der Waals surface area contributed by atoms with Gasteiger partial charge in [0, 0.05) is 24.0 Å². The van der Waals surface area contributed by atoms with Gasteiger partial charge in [-0.2, -0.15) is 13.2 Å². The molecule has 0 heterocycles. The van der Waals surface area contributed by atoms with Gasteiger partial charge in [0.2, 0.25) is 0 Å². The fourth-order valence-electron chi connectivity index (χ4n) is 1.64. The van der Waals surface area contributed by atoms with Crippen LogP contribution >= 0.6 is 0 Å². The molecule has 0 saturated heterocycles. The molecule has 2 N–H and O–H groups in total. The van der Waals surface area contributed by atoms with Gasteiger partial charge in [0.05, 0.1) is 5.56 Å². The van der Waals surface area contributed by atoms with Gasteiger partial charge >= 0.3 is 6.18 Å². The first-order valence-electron chi connectivity index (χ1n) is 5.80. The molecule has 0 radical (unpaired) electrons. The second-order valence-electron chi connectivity index (χ2n) is 5.00. The van der Waals surface area contributed by atoms with Crippen molar-refractivity contribution in [2.45, 2.75) is 38.9 Å². The third-order valence-corrected chi connectivity index (χ3v) is 3.46. The highest BCUT2D eigenvalue weighted by atomic mass is 19.4. The van der Waals surface area contributed by atoms with Gasteiger partial charge in [0.1, 0.15) is 0 Å². The van der Waals surface area contributed by atoms with E-state index >= 15 is 0 Å². The van der Waals surface area contributed by atoms with E-state index in [0.29, 0.717) is 0 Å². The van der Waals surface area contributed by atoms with Gasteiger partial charge in [-0.25, -0.2) is 0 Å². The number of anilines is 2. The molecule has 0 atom stereocenters. The molecule has 1 aromatic rings. The molecule has 0 saturated carbocycles. The highest BCUT2D eigenvalue weighted by Gasteiger charge is 2.36. The summed E-state index contributed by atoms with van der Waals surface area (Å²) in [6.07, 6.45) is -3.66. The van der Waals surface area contributed by atoms with Crippen LogP contribution in [-0.4, -0.2) is 12.6 Å². The average Bonchev–Trinajstić information content (AvgIpc) is 2.27. The maximum Gasteiger partial charge on any atom is 0.418 e. The first kappa shape index (κ1) is 14.7. The van der Waals surface area contributed by atoms with Gasteiger partial charge in [0.15, 0.2) is 0 Å². The van der Waals surface area contributed by atoms with Crippen molar-refractivity contribution >= 4 is 11.4 Å². The number of halogens is 3. The average molecular weight is 260 g/mol. The Kier molecular flexibility index (Phi) is 3.84. The van der Waals surface area contributed by atoms with E-state index in [1.54, 1.807) is 11.9 Å². The molecule has 0 bridgehead atoms. The van der Waals surface area contributed by atoms with Crippen molar-refractivity contribution in [3.63, 3.8) is 0 Å². The van der Waals surface area contributed by atoms with E-state index in [9.17, 15) is 13.2 Å². The second-order valence-corrected chi connectivity index (χ2v) is 5.00. The van der Waals surface area contributed by atoms with Crippen molar-refractivity contribution in [2.24, 2.45) is 0 Å². The molecule has 0 aromatic heterocycles. The van der Waals surface area contributed by atoms with Gasteiger partial charge in [-0.3, -0.25) is 0 Å². The van der Waals surface area contributed by atoms with Gasteiger partial charge in [-0.05, 0) is 38.5 Å². The first-order chi connectivity index (χ1) is 8.09. The van der Waals surface area contributed by atoms with Crippen molar-refractivity contribution in [3.8, 4) is 0 Å². The Morgan fingerprint density at radius 1 is 1.22 bits per heavy atom. The molecular weight excluding hydrogens is 241 g/mol. The van der Waals surface area contributed by atoms with Gasteiger partial charge in [0.25, 0.3) is 0 Å². The third kappa shape index (κ3) is 2.89. The standard InChI is InChI=1S/C13H19F3N2/c1-5-12(2,3)18(4)11-7-6-9(17)8-10(11)13(14,15)16/h6-8H,5,17H2,1-4H3. The summed E-state index contributed by atoms with van der Waals surface area (Å²) in [5.74, 6) is 0. The summed E-state index contributed by atoms with van der Waals surface area (Å²) in [4.78, 5) is 1.65. The van der Waals surface area contributed by atoms with E-state index in [0.717, 1.165) is 12.5 Å². The minimum Gasteiger partial charge on any atom is -0.399 e. The molecule has 102 valence electrons. The summed E-state index contributed by atoms with van der Waals surface area (Å²) >= 11 is 0. The summed E-state index contributed by atoms with van der Waals surface area (Å²) in [5.41, 5.74) is 4.68. The quantitative estimate of drug-likeness (QED) is 0.835. The highest BCUT2D eigenvalue weighted by Crippen LogP contribution is 2.39. The number of hydrogen-bond donors (Lipinski definition) is 1. The fourth-order valence-corrected chi connectivity index (χ4v) is 1.64. The molecule has 2 nitrogen and oxygen atoms in total. The van der Waals surface area contributed by atoms with Crippen LogP contribution in [0, 0.1) is 0 Å². The fraction of sp³-hybridized carbons (Fsp3) is 0.538. The van der Waals surface area contributed by atoms with E-state index in [1.807, 2.05) is 20.8 Å². The number of nitrogens with two attached hydrogens (primary N) is 1. The lowest BCUT2D eigenvalue weighted by molar-refractivity contribution is -0.137. The second kappa shape index (κ2) is 4.71. The number of hydrogen-bond acceptors (Lipinski definition) is 2. The maximum atomic E-state index is 13.0. The molecule has 0 amide bonds. The number of rotatable bonds is 3. The van der Waals surface area contributed by atoms with Crippen LogP contribution in [0.1, 0.15) is 32.8 Å². The Morgan fingerprint density at radius 3 is 2.22 bits per heavy atom. The van der Waals surface area contributed by atoms with Crippen molar-refractivity contribution in [1.29, 1.82) is 0 Å². The van der Waals surface area contributed by atoms with E-state index in [4.69, 9.17) is 5.73 Å². The Morgan fingerprint density at radius 2 is 1.78 bits per heavy atom. The Labute approximate surface area is 106 Å². The summed E-state index contributed by atoms with van der Waals surface area (Å²) in [6.45, 7) is 5.76. The van der Waals surface area contributed by atoms with Gasteiger partial charge in [-0.1, -0.05) is 6.92 Å². The number of alkyl halides is 3. The topological polar surface area (TPSA) is 29.3 Å². The van der Waals surface area contributed by atoms with Crippen LogP contribution in [0.15, 0.2) is 18.2 Å². The zero-order valence-electron chi connectivity index (χ0n) is 11.1. The van der Waals surface area contributed by atoms with Crippen LogP contribution in [0.4, 0.5) is 24.5 Å². The van der Waals surface area contributed by atoms with Crippen LogP contribution in [0.25, 0.3) is 0 Å². The van der Waals surface area contributed by atoms with E-state index in [1.165, 1.54) is 12.1 Å². The predicted octanol–water partition coefficient (Wildman–Crippen LogP) is 3.91. The predicted molar refractivity (Wildman–Crippen MR) is 68.6 cm³/mol. The van der Waals surface area contributed by atoms with E-state index in [-0.39, 0.29) is 16.9 Å². The molecule has 1 rings (SSSR count). The first-order valence-corrected chi connectivity index (χ1v) is 5.80. The normalized spacial score (nSPS) is 12.6. The largest absolute Gasteiger partial charge is 0.418 e. The lowest BCUT2D eigenvalue weighted by atomic mass is 9.97. The number of nitrogens with zero attached hydrogens (tertiary/aromatic N) is 1. The molecule has 0 fully saturated rings. The van der Waals surface area contributed by atoms with Crippen LogP contribution in [-0.2, 0) is 6.18 Å². The maximum absolute atomic E-state index is 13.0. The van der Waals surface area contributed by atoms with E-state index in [2.05, 4.69) is 0 Å². The zero-order chi connectivity index (χ0) is 14.1. The van der Waals surface area contributed by atoms with Crippen molar-refractivity contribution < 1.29 is 13.2 Å². The van der Waals surface area contributed by atoms with Crippen LogP contribution < -0.4 is 10.6 Å². The van der Waals surface area contributed by atoms with Crippen LogP contribution in [0.3, 0.4) is 0 Å². The monoisotopic (exact) mass is 260 g/mol. The molecule has 0 aliphatic heterocycles. The smallest absolute Gasteiger partial charge is 0.399 e. The molecule has 0 aliphatic carbocycles. The molecule has 0 spiro atoms. The summed E-state index contributed by atoms with van der Waals surface area (Å²) < 4.78 is 39.0. The number of nitrogen functional groups attached to an aromatic ring is 1. The lowest BCUT2D eigenvalue weighted by Gasteiger charge is -2.38. The molecule has 5 heteroatoms. The van der Waals surface area contributed by atoms with Gasteiger partial charge < -0.3 is 10.6 Å². The van der Waals surface area contributed by atoms with Crippen molar-refractivity contribution in [3.05, 3.63) is 23.8 Å². The minimum atomic E-state index is -4.40. The molecule has 0 unspecified atom stereocenters. The summed E-state index contributed by atoms with van der Waals surface area (Å²) in [7, 11) is 1.67. The van der Waals surface area contributed by atoms with E-state index < -0.39 is 11.7 Å². The molecular formula is C13H19F3N2. The molecule has 0 aliphatic rings. The third-order valence-electron chi connectivity index (χ3n) is 3.46. The van der Waals surface area contributed by atoms with Crippen molar-refractivity contribution in [1.82, 2.24) is 0 Å². The molecule has 18 heavy (non-hydrogen) atoms. The van der Waals surface area contributed by atoms with Crippen molar-refractivity contribution in [2.75, 3.05) is 17.7 Å². The summed E-state index contributed by atoms with van der Waals surface area (Å²) in [6, 6.07) is 3.90.